The molecule has 5 rings (SSSR count). The van der Waals surface area contributed by atoms with Crippen LogP contribution in [0.4, 0.5) is 5.95 Å². The number of nitrogens with zero attached hydrogens (tertiary/aromatic N) is 5. The van der Waals surface area contributed by atoms with E-state index in [0.29, 0.717) is 42.6 Å². The maximum atomic E-state index is 9.00. The highest BCUT2D eigenvalue weighted by molar-refractivity contribution is 5.84. The number of allylic oxidation sites excluding steroid dienone is 1. The molecule has 3 N–H and O–H groups in total. The van der Waals surface area contributed by atoms with E-state index in [0.717, 1.165) is 95.5 Å². The Morgan fingerprint density at radius 1 is 1.10 bits per heavy atom. The summed E-state index contributed by atoms with van der Waals surface area (Å²) < 4.78 is 19.6. The minimum atomic E-state index is 0.0867. The average molecular weight is 537 g/mol. The van der Waals surface area contributed by atoms with E-state index in [-0.39, 0.29) is 6.10 Å². The first-order valence-electron chi connectivity index (χ1n) is 14.3. The van der Waals surface area contributed by atoms with Crippen molar-refractivity contribution in [3.8, 4) is 11.9 Å². The topological polar surface area (TPSA) is 133 Å². The number of unbranched alkanes of at least 4 members (excludes halogenated alkanes) is 1. The molecule has 11 heteroatoms. The van der Waals surface area contributed by atoms with Gasteiger partial charge in [-0.3, -0.25) is 4.90 Å². The van der Waals surface area contributed by atoms with Crippen molar-refractivity contribution in [1.82, 2.24) is 24.8 Å². The molecule has 0 aromatic carbocycles. The highest BCUT2D eigenvalue weighted by Crippen LogP contribution is 2.31. The number of fused-ring (bicyclic) bond motifs is 1. The maximum Gasteiger partial charge on any atom is 0.243 e. The lowest BCUT2D eigenvalue weighted by atomic mass is 9.91. The van der Waals surface area contributed by atoms with E-state index < -0.39 is 0 Å². The summed E-state index contributed by atoms with van der Waals surface area (Å²) in [6.07, 6.45) is 12.4. The summed E-state index contributed by atoms with van der Waals surface area (Å²) in [6, 6.07) is 5.11. The molecule has 3 fully saturated rings. The van der Waals surface area contributed by atoms with E-state index in [4.69, 9.17) is 34.8 Å². The first kappa shape index (κ1) is 27.4. The average Bonchev–Trinajstić information content (AvgIpc) is 3.40. The molecule has 2 aromatic heterocycles. The Morgan fingerprint density at radius 3 is 2.62 bits per heavy atom. The van der Waals surface area contributed by atoms with Crippen LogP contribution in [0.3, 0.4) is 0 Å². The molecule has 39 heavy (non-hydrogen) atoms. The van der Waals surface area contributed by atoms with Crippen molar-refractivity contribution in [3.05, 3.63) is 24.2 Å². The Kier molecular flexibility index (Phi) is 9.64. The molecule has 0 amide bonds. The largest absolute Gasteiger partial charge is 0.473 e. The molecular weight excluding hydrogens is 496 g/mol. The Balaban J connectivity index is 1.31. The molecule has 4 heterocycles. The van der Waals surface area contributed by atoms with Crippen LogP contribution in [0.1, 0.15) is 51.4 Å². The minimum Gasteiger partial charge on any atom is -0.473 e. The smallest absolute Gasteiger partial charge is 0.243 e. The highest BCUT2D eigenvalue weighted by Gasteiger charge is 2.29. The zero-order valence-corrected chi connectivity index (χ0v) is 22.6. The molecule has 0 unspecified atom stereocenters. The summed E-state index contributed by atoms with van der Waals surface area (Å²) in [6.45, 7) is 5.88. The summed E-state index contributed by atoms with van der Waals surface area (Å²) in [5.41, 5.74) is 2.21. The van der Waals surface area contributed by atoms with Gasteiger partial charge in [0.25, 0.3) is 0 Å². The van der Waals surface area contributed by atoms with Gasteiger partial charge in [0, 0.05) is 70.0 Å². The molecule has 2 saturated heterocycles. The predicted molar refractivity (Wildman–Crippen MR) is 149 cm³/mol. The fourth-order valence-electron chi connectivity index (χ4n) is 5.67. The fourth-order valence-corrected chi connectivity index (χ4v) is 5.67. The lowest BCUT2D eigenvalue weighted by Gasteiger charge is -2.38. The Labute approximate surface area is 230 Å². The van der Waals surface area contributed by atoms with Gasteiger partial charge in [0.1, 0.15) is 11.6 Å². The Hall–Kier alpha value is -3.20. The van der Waals surface area contributed by atoms with E-state index >= 15 is 0 Å². The monoisotopic (exact) mass is 536 g/mol. The summed E-state index contributed by atoms with van der Waals surface area (Å²) in [7, 11) is 0. The second-order valence-electron chi connectivity index (χ2n) is 10.5. The van der Waals surface area contributed by atoms with Gasteiger partial charge in [-0.2, -0.15) is 10.2 Å². The summed E-state index contributed by atoms with van der Waals surface area (Å²) >= 11 is 0. The number of ether oxygens (including phenoxy) is 3. The van der Waals surface area contributed by atoms with E-state index in [2.05, 4.69) is 26.2 Å². The summed E-state index contributed by atoms with van der Waals surface area (Å²) in [4.78, 5) is 12.1. The third kappa shape index (κ3) is 7.26. The van der Waals surface area contributed by atoms with Gasteiger partial charge in [0.2, 0.25) is 11.8 Å². The van der Waals surface area contributed by atoms with Gasteiger partial charge in [0.05, 0.1) is 30.5 Å². The Bertz CT molecular complexity index is 1160. The number of morpholine rings is 1. The van der Waals surface area contributed by atoms with E-state index in [1.54, 1.807) is 0 Å². The summed E-state index contributed by atoms with van der Waals surface area (Å²) in [5.74, 6) is 0.957. The fraction of sp³-hybridized carbons (Fsp3) is 0.643. The standard InChI is InChI=1S/C28H40N8O3/c29-10-1-2-11-36-12-7-25-26(36)27(39-24-5-3-23(4-6-24)35-13-17-38-18-14-35)34-28(33-25)32-22(19-30)20-31-21-8-15-37-16-9-21/h7,12,19-21,23-24,30-31H,1-6,8-9,11,13-18H2,(H,32,33,34)/b22-20+,30-19?/t23-,24-. The van der Waals surface area contributed by atoms with Gasteiger partial charge in [-0.1, -0.05) is 0 Å². The molecule has 0 spiro atoms. The van der Waals surface area contributed by atoms with Crippen molar-refractivity contribution in [2.45, 2.75) is 76.1 Å². The highest BCUT2D eigenvalue weighted by atomic mass is 16.5. The van der Waals surface area contributed by atoms with Crippen molar-refractivity contribution in [2.24, 2.45) is 0 Å². The predicted octanol–water partition coefficient (Wildman–Crippen LogP) is 3.43. The normalized spacial score (nSPS) is 23.3. The molecule has 0 atom stereocenters. The molecule has 0 radical (unpaired) electrons. The van der Waals surface area contributed by atoms with E-state index in [9.17, 15) is 0 Å². The molecule has 2 aromatic rings. The van der Waals surface area contributed by atoms with Gasteiger partial charge in [-0.05, 0) is 51.0 Å². The number of rotatable bonds is 11. The lowest BCUT2D eigenvalue weighted by Crippen LogP contribution is -2.46. The molecule has 210 valence electrons. The quantitative estimate of drug-likeness (QED) is 0.292. The number of nitriles is 1. The van der Waals surface area contributed by atoms with Gasteiger partial charge < -0.3 is 34.8 Å². The van der Waals surface area contributed by atoms with Gasteiger partial charge in [-0.25, -0.2) is 4.98 Å². The SMILES string of the molecule is N#CCCCn1ccc2nc(N/C(C=N)=C/NC3CCOCC3)nc(O[C@H]3CC[C@H](N4CCOCC4)CC3)c21. The van der Waals surface area contributed by atoms with Crippen molar-refractivity contribution in [2.75, 3.05) is 44.8 Å². The number of anilines is 1. The number of nitrogens with one attached hydrogen (secondary N) is 3. The van der Waals surface area contributed by atoms with Gasteiger partial charge in [0.15, 0.2) is 0 Å². The molecule has 0 bridgehead atoms. The van der Waals surface area contributed by atoms with Crippen LogP contribution in [0.5, 0.6) is 5.88 Å². The zero-order valence-electron chi connectivity index (χ0n) is 22.6. The van der Waals surface area contributed by atoms with Gasteiger partial charge in [-0.15, -0.1) is 0 Å². The lowest BCUT2D eigenvalue weighted by molar-refractivity contribution is -0.00127. The first-order valence-corrected chi connectivity index (χ1v) is 14.3. The minimum absolute atomic E-state index is 0.0867. The van der Waals surface area contributed by atoms with E-state index in [1.807, 2.05) is 18.5 Å². The van der Waals surface area contributed by atoms with Crippen molar-refractivity contribution < 1.29 is 14.2 Å². The molecule has 2 aliphatic heterocycles. The van der Waals surface area contributed by atoms with Crippen LogP contribution in [-0.4, -0.2) is 83.4 Å². The molecular formula is C28H40N8O3. The van der Waals surface area contributed by atoms with Crippen molar-refractivity contribution in [3.63, 3.8) is 0 Å². The van der Waals surface area contributed by atoms with Crippen LogP contribution in [0, 0.1) is 16.7 Å². The van der Waals surface area contributed by atoms with Crippen LogP contribution >= 0.6 is 0 Å². The molecule has 1 saturated carbocycles. The molecule has 1 aliphatic carbocycles. The van der Waals surface area contributed by atoms with Crippen LogP contribution in [-0.2, 0) is 16.0 Å². The maximum absolute atomic E-state index is 9.00. The van der Waals surface area contributed by atoms with Gasteiger partial charge >= 0.3 is 0 Å². The Morgan fingerprint density at radius 2 is 1.87 bits per heavy atom. The molecule has 11 nitrogen and oxygen atoms in total. The summed E-state index contributed by atoms with van der Waals surface area (Å²) in [5, 5.41) is 23.5. The van der Waals surface area contributed by atoms with Crippen LogP contribution in [0.2, 0.25) is 0 Å². The van der Waals surface area contributed by atoms with Crippen LogP contribution in [0.15, 0.2) is 24.2 Å². The molecule has 3 aliphatic rings. The second kappa shape index (κ2) is 13.7. The number of aryl methyl sites for hydroxylation is 1. The van der Waals surface area contributed by atoms with Crippen molar-refractivity contribution in [1.29, 1.82) is 10.7 Å². The second-order valence-corrected chi connectivity index (χ2v) is 10.5. The first-order chi connectivity index (χ1) is 19.2. The zero-order chi connectivity index (χ0) is 26.9. The van der Waals surface area contributed by atoms with E-state index in [1.165, 1.54) is 6.21 Å². The third-order valence-corrected chi connectivity index (χ3v) is 7.86. The van der Waals surface area contributed by atoms with Crippen LogP contribution in [0.25, 0.3) is 11.0 Å². The number of aromatic nitrogens is 3. The number of hydrogen-bond donors (Lipinski definition) is 3. The number of hydrogen-bond acceptors (Lipinski definition) is 10. The van der Waals surface area contributed by atoms with Crippen molar-refractivity contribution >= 4 is 23.2 Å². The van der Waals surface area contributed by atoms with Crippen LogP contribution < -0.4 is 15.4 Å². The third-order valence-electron chi connectivity index (χ3n) is 7.86.